The Kier molecular flexibility index (Phi) is 6.07. The number of amides is 2. The lowest BCUT2D eigenvalue weighted by atomic mass is 10.1. The van der Waals surface area contributed by atoms with Gasteiger partial charge in [-0.05, 0) is 30.5 Å². The minimum Gasteiger partial charge on any atom is -0.352 e. The standard InChI is InChI=1S/C19H23N3O2/c1-13(2)11-21-18(23)16-7-8-20-17(10-16)19(24)22-12-15-6-4-5-14(3)9-15/h4-10,13H,11-12H2,1-3H3,(H,21,23)(H,22,24). The summed E-state index contributed by atoms with van der Waals surface area (Å²) in [5.41, 5.74) is 2.84. The first kappa shape index (κ1) is 17.7. The van der Waals surface area contributed by atoms with Crippen LogP contribution in [0.3, 0.4) is 0 Å². The highest BCUT2D eigenvalue weighted by Gasteiger charge is 2.12. The first-order valence-corrected chi connectivity index (χ1v) is 8.03. The van der Waals surface area contributed by atoms with Crippen molar-refractivity contribution >= 4 is 11.8 Å². The molecule has 1 heterocycles. The number of carbonyl (C=O) groups is 2. The molecular formula is C19H23N3O2. The van der Waals surface area contributed by atoms with E-state index in [2.05, 4.69) is 15.6 Å². The Balaban J connectivity index is 1.99. The minimum atomic E-state index is -0.296. The maximum absolute atomic E-state index is 12.2. The molecule has 0 aliphatic heterocycles. The Bertz CT molecular complexity index is 726. The van der Waals surface area contributed by atoms with Crippen LogP contribution in [0.15, 0.2) is 42.6 Å². The number of hydrogen-bond acceptors (Lipinski definition) is 3. The van der Waals surface area contributed by atoms with Gasteiger partial charge in [-0.15, -0.1) is 0 Å². The zero-order valence-electron chi connectivity index (χ0n) is 14.3. The fourth-order valence-corrected chi connectivity index (χ4v) is 2.19. The van der Waals surface area contributed by atoms with Gasteiger partial charge in [0.25, 0.3) is 11.8 Å². The number of aromatic nitrogens is 1. The quantitative estimate of drug-likeness (QED) is 0.858. The minimum absolute atomic E-state index is 0.196. The molecule has 126 valence electrons. The molecule has 0 spiro atoms. The third-order valence-electron chi connectivity index (χ3n) is 3.46. The van der Waals surface area contributed by atoms with Gasteiger partial charge < -0.3 is 10.6 Å². The molecule has 24 heavy (non-hydrogen) atoms. The third-order valence-corrected chi connectivity index (χ3v) is 3.46. The van der Waals surface area contributed by atoms with Crippen LogP contribution in [0, 0.1) is 12.8 Å². The molecule has 2 rings (SSSR count). The van der Waals surface area contributed by atoms with Gasteiger partial charge in [0.2, 0.25) is 0 Å². The second-order valence-corrected chi connectivity index (χ2v) is 6.21. The van der Waals surface area contributed by atoms with E-state index < -0.39 is 0 Å². The monoisotopic (exact) mass is 325 g/mol. The van der Waals surface area contributed by atoms with Crippen LogP contribution in [-0.4, -0.2) is 23.3 Å². The molecule has 5 heteroatoms. The summed E-state index contributed by atoms with van der Waals surface area (Å²) in [4.78, 5) is 28.4. The first-order valence-electron chi connectivity index (χ1n) is 8.03. The van der Waals surface area contributed by atoms with Crippen molar-refractivity contribution in [3.05, 3.63) is 65.0 Å². The molecule has 2 amide bonds. The lowest BCUT2D eigenvalue weighted by molar-refractivity contribution is 0.0946. The van der Waals surface area contributed by atoms with Crippen molar-refractivity contribution in [3.8, 4) is 0 Å². The van der Waals surface area contributed by atoms with Crippen molar-refractivity contribution in [2.45, 2.75) is 27.3 Å². The van der Waals surface area contributed by atoms with Gasteiger partial charge in [0.1, 0.15) is 5.69 Å². The van der Waals surface area contributed by atoms with E-state index in [9.17, 15) is 9.59 Å². The number of pyridine rings is 1. The van der Waals surface area contributed by atoms with Gasteiger partial charge in [-0.3, -0.25) is 14.6 Å². The summed E-state index contributed by atoms with van der Waals surface area (Å²) in [6.07, 6.45) is 1.48. The molecule has 0 fully saturated rings. The summed E-state index contributed by atoms with van der Waals surface area (Å²) in [6.45, 7) is 7.07. The van der Waals surface area contributed by atoms with E-state index in [4.69, 9.17) is 0 Å². The van der Waals surface area contributed by atoms with Crippen LogP contribution >= 0.6 is 0 Å². The second kappa shape index (κ2) is 8.24. The van der Waals surface area contributed by atoms with Gasteiger partial charge in [0.15, 0.2) is 0 Å². The van der Waals surface area contributed by atoms with E-state index >= 15 is 0 Å². The normalized spacial score (nSPS) is 10.5. The number of aryl methyl sites for hydroxylation is 1. The van der Waals surface area contributed by atoms with Gasteiger partial charge >= 0.3 is 0 Å². The Hall–Kier alpha value is -2.69. The summed E-state index contributed by atoms with van der Waals surface area (Å²) >= 11 is 0. The summed E-state index contributed by atoms with van der Waals surface area (Å²) in [6, 6.07) is 11.1. The van der Waals surface area contributed by atoms with E-state index in [-0.39, 0.29) is 17.5 Å². The van der Waals surface area contributed by atoms with Gasteiger partial charge in [-0.25, -0.2) is 0 Å². The number of nitrogens with zero attached hydrogens (tertiary/aromatic N) is 1. The third kappa shape index (κ3) is 5.19. The molecule has 0 saturated carbocycles. The highest BCUT2D eigenvalue weighted by Crippen LogP contribution is 2.06. The van der Waals surface area contributed by atoms with Gasteiger partial charge in [-0.2, -0.15) is 0 Å². The maximum atomic E-state index is 12.2. The maximum Gasteiger partial charge on any atom is 0.270 e. The number of benzene rings is 1. The SMILES string of the molecule is Cc1cccc(CNC(=O)c2cc(C(=O)NCC(C)C)ccn2)c1. The largest absolute Gasteiger partial charge is 0.352 e. The van der Waals surface area contributed by atoms with Crippen LogP contribution in [0.2, 0.25) is 0 Å². The zero-order chi connectivity index (χ0) is 17.5. The van der Waals surface area contributed by atoms with Crippen LogP contribution in [-0.2, 0) is 6.54 Å². The lowest BCUT2D eigenvalue weighted by Crippen LogP contribution is -2.28. The number of carbonyl (C=O) groups excluding carboxylic acids is 2. The van der Waals surface area contributed by atoms with Crippen molar-refractivity contribution in [3.63, 3.8) is 0 Å². The van der Waals surface area contributed by atoms with Crippen LogP contribution in [0.25, 0.3) is 0 Å². The van der Waals surface area contributed by atoms with E-state index in [1.165, 1.54) is 12.3 Å². The molecule has 0 unspecified atom stereocenters. The Labute approximate surface area is 142 Å². The molecule has 0 radical (unpaired) electrons. The number of rotatable bonds is 6. The predicted molar refractivity (Wildman–Crippen MR) is 93.8 cm³/mol. The predicted octanol–water partition coefficient (Wildman–Crippen LogP) is 2.71. The second-order valence-electron chi connectivity index (χ2n) is 6.21. The van der Waals surface area contributed by atoms with Crippen LogP contribution in [0.5, 0.6) is 0 Å². The van der Waals surface area contributed by atoms with E-state index in [0.717, 1.165) is 11.1 Å². The van der Waals surface area contributed by atoms with Gasteiger partial charge in [-0.1, -0.05) is 43.7 Å². The smallest absolute Gasteiger partial charge is 0.270 e. The summed E-state index contributed by atoms with van der Waals surface area (Å²) in [7, 11) is 0. The van der Waals surface area contributed by atoms with E-state index in [1.54, 1.807) is 6.07 Å². The zero-order valence-corrected chi connectivity index (χ0v) is 14.3. The summed E-state index contributed by atoms with van der Waals surface area (Å²) < 4.78 is 0. The molecule has 0 saturated heterocycles. The van der Waals surface area contributed by atoms with Crippen molar-refractivity contribution in [1.29, 1.82) is 0 Å². The molecule has 0 aliphatic rings. The molecule has 0 aliphatic carbocycles. The summed E-state index contributed by atoms with van der Waals surface area (Å²) in [5, 5.41) is 5.66. The van der Waals surface area contributed by atoms with Crippen LogP contribution < -0.4 is 10.6 Å². The highest BCUT2D eigenvalue weighted by atomic mass is 16.2. The van der Waals surface area contributed by atoms with E-state index in [1.807, 2.05) is 45.0 Å². The van der Waals surface area contributed by atoms with Crippen molar-refractivity contribution < 1.29 is 9.59 Å². The average molecular weight is 325 g/mol. The molecular weight excluding hydrogens is 302 g/mol. The molecule has 2 N–H and O–H groups in total. The molecule has 5 nitrogen and oxygen atoms in total. The topological polar surface area (TPSA) is 71.1 Å². The van der Waals surface area contributed by atoms with Crippen LogP contribution in [0.4, 0.5) is 0 Å². The lowest BCUT2D eigenvalue weighted by Gasteiger charge is -2.09. The van der Waals surface area contributed by atoms with Crippen molar-refractivity contribution in [2.75, 3.05) is 6.54 Å². The Morgan fingerprint density at radius 2 is 1.88 bits per heavy atom. The average Bonchev–Trinajstić information content (AvgIpc) is 2.57. The number of hydrogen-bond donors (Lipinski definition) is 2. The van der Waals surface area contributed by atoms with Gasteiger partial charge in [0.05, 0.1) is 0 Å². The molecule has 0 atom stereocenters. The Morgan fingerprint density at radius 1 is 1.08 bits per heavy atom. The summed E-state index contributed by atoms with van der Waals surface area (Å²) in [5.74, 6) is -0.123. The fourth-order valence-electron chi connectivity index (χ4n) is 2.19. The molecule has 1 aromatic carbocycles. The van der Waals surface area contributed by atoms with Gasteiger partial charge in [0, 0.05) is 24.8 Å². The first-order chi connectivity index (χ1) is 11.5. The van der Waals surface area contributed by atoms with Crippen molar-refractivity contribution in [1.82, 2.24) is 15.6 Å². The number of nitrogens with one attached hydrogen (secondary N) is 2. The van der Waals surface area contributed by atoms with Crippen molar-refractivity contribution in [2.24, 2.45) is 5.92 Å². The molecule has 1 aromatic heterocycles. The van der Waals surface area contributed by atoms with E-state index in [0.29, 0.717) is 24.6 Å². The van der Waals surface area contributed by atoms with Crippen LogP contribution in [0.1, 0.15) is 45.8 Å². The molecule has 2 aromatic rings. The molecule has 0 bridgehead atoms. The Morgan fingerprint density at radius 3 is 2.58 bits per heavy atom. The fraction of sp³-hybridized carbons (Fsp3) is 0.316. The highest BCUT2D eigenvalue weighted by molar-refractivity contribution is 5.98.